The van der Waals surface area contributed by atoms with Crippen LogP contribution >= 0.6 is 34.8 Å². The minimum absolute atomic E-state index is 0.0300. The molecule has 0 saturated carbocycles. The van der Waals surface area contributed by atoms with E-state index in [0.29, 0.717) is 21.3 Å². The maximum absolute atomic E-state index is 13.2. The summed E-state index contributed by atoms with van der Waals surface area (Å²) in [6, 6.07) is 14.1. The van der Waals surface area contributed by atoms with Crippen molar-refractivity contribution in [1.29, 1.82) is 0 Å². The number of hydrogen-bond acceptors (Lipinski definition) is 5. The summed E-state index contributed by atoms with van der Waals surface area (Å²) in [4.78, 5) is 27.5. The zero-order chi connectivity index (χ0) is 23.9. The van der Waals surface area contributed by atoms with Gasteiger partial charge in [0.2, 0.25) is 0 Å². The van der Waals surface area contributed by atoms with E-state index in [1.165, 1.54) is 48.4 Å². The van der Waals surface area contributed by atoms with Crippen LogP contribution < -0.4 is 9.64 Å². The number of phenolic OH excluding ortho intramolecular Hbond substituents is 1. The maximum Gasteiger partial charge on any atom is 0.300 e. The van der Waals surface area contributed by atoms with E-state index < -0.39 is 23.5 Å². The topological polar surface area (TPSA) is 87.1 Å². The number of phenols is 1. The molecule has 0 radical (unpaired) electrons. The minimum atomic E-state index is -1.02. The lowest BCUT2D eigenvalue weighted by atomic mass is 9.95. The quantitative estimate of drug-likeness (QED) is 0.259. The number of aromatic hydroxyl groups is 1. The number of aliphatic hydroxyl groups is 1. The first-order valence-electron chi connectivity index (χ1n) is 9.61. The molecule has 1 saturated heterocycles. The third kappa shape index (κ3) is 4.13. The summed E-state index contributed by atoms with van der Waals surface area (Å²) >= 11 is 18.2. The minimum Gasteiger partial charge on any atom is -0.507 e. The molecule has 3 aromatic rings. The second-order valence-corrected chi connectivity index (χ2v) is 8.46. The van der Waals surface area contributed by atoms with Crippen molar-refractivity contribution in [3.05, 3.63) is 92.4 Å². The molecule has 0 aliphatic carbocycles. The first kappa shape index (κ1) is 23.0. The van der Waals surface area contributed by atoms with Crippen molar-refractivity contribution >= 4 is 57.9 Å². The highest BCUT2D eigenvalue weighted by molar-refractivity contribution is 6.51. The van der Waals surface area contributed by atoms with Crippen LogP contribution in [0.1, 0.15) is 17.2 Å². The number of rotatable bonds is 4. The third-order valence-corrected chi connectivity index (χ3v) is 6.13. The molecule has 1 heterocycles. The van der Waals surface area contributed by atoms with Gasteiger partial charge in [-0.2, -0.15) is 0 Å². The van der Waals surface area contributed by atoms with Gasteiger partial charge in [0.25, 0.3) is 11.7 Å². The normalized spacial score (nSPS) is 17.5. The molecule has 1 aliphatic heterocycles. The number of ether oxygens (including phenoxy) is 1. The average molecular weight is 505 g/mol. The Kier molecular flexibility index (Phi) is 6.26. The number of halogens is 3. The van der Waals surface area contributed by atoms with Crippen LogP contribution in [-0.4, -0.2) is 29.0 Å². The lowest BCUT2D eigenvalue weighted by Gasteiger charge is -2.25. The molecule has 2 N–H and O–H groups in total. The monoisotopic (exact) mass is 503 g/mol. The highest BCUT2D eigenvalue weighted by Gasteiger charge is 2.47. The fourth-order valence-electron chi connectivity index (χ4n) is 3.67. The first-order valence-corrected chi connectivity index (χ1v) is 10.7. The second kappa shape index (κ2) is 8.98. The van der Waals surface area contributed by atoms with E-state index in [1.54, 1.807) is 24.3 Å². The number of aliphatic hydroxyl groups excluding tert-OH is 1. The van der Waals surface area contributed by atoms with Gasteiger partial charge in [-0.1, -0.05) is 40.9 Å². The van der Waals surface area contributed by atoms with Crippen LogP contribution in [0.3, 0.4) is 0 Å². The smallest absolute Gasteiger partial charge is 0.300 e. The van der Waals surface area contributed by atoms with Gasteiger partial charge in [-0.25, -0.2) is 0 Å². The van der Waals surface area contributed by atoms with E-state index in [9.17, 15) is 19.8 Å². The molecule has 1 atom stereocenters. The predicted octanol–water partition coefficient (Wildman–Crippen LogP) is 5.99. The molecule has 1 fully saturated rings. The molecular formula is C24H16Cl3NO5. The van der Waals surface area contributed by atoms with Crippen LogP contribution in [-0.2, 0) is 9.59 Å². The summed E-state index contributed by atoms with van der Waals surface area (Å²) in [5.74, 6) is -2.00. The Morgan fingerprint density at radius 2 is 1.64 bits per heavy atom. The molecule has 1 unspecified atom stereocenters. The highest BCUT2D eigenvalue weighted by atomic mass is 35.5. The molecule has 4 rings (SSSR count). The summed E-state index contributed by atoms with van der Waals surface area (Å²) in [5, 5.41) is 21.8. The first-order chi connectivity index (χ1) is 15.7. The Morgan fingerprint density at radius 3 is 2.27 bits per heavy atom. The standard InChI is InChI=1S/C24H16Cl3NO5/c1-33-19-11-13(2-8-16(19)26)22(30)20-21(12-3-9-18(29)17(27)10-12)28(24(32)23(20)31)15-6-4-14(25)5-7-15/h2-11,21,29-30H,1H3/b22-20-. The summed E-state index contributed by atoms with van der Waals surface area (Å²) in [5.41, 5.74) is 0.888. The molecule has 0 bridgehead atoms. The highest BCUT2D eigenvalue weighted by Crippen LogP contribution is 2.44. The van der Waals surface area contributed by atoms with Crippen LogP contribution in [0.4, 0.5) is 5.69 Å². The summed E-state index contributed by atoms with van der Waals surface area (Å²) in [6.07, 6.45) is 0. The molecule has 0 spiro atoms. The number of ketones is 1. The van der Waals surface area contributed by atoms with Crippen LogP contribution in [0.5, 0.6) is 11.5 Å². The number of carbonyl (C=O) groups excluding carboxylic acids is 2. The molecule has 6 nitrogen and oxygen atoms in total. The van der Waals surface area contributed by atoms with Crippen LogP contribution in [0, 0.1) is 0 Å². The molecule has 3 aromatic carbocycles. The van der Waals surface area contributed by atoms with Gasteiger partial charge in [-0.05, 0) is 60.2 Å². The van der Waals surface area contributed by atoms with Crippen LogP contribution in [0.15, 0.2) is 66.2 Å². The number of amides is 1. The van der Waals surface area contributed by atoms with Gasteiger partial charge >= 0.3 is 0 Å². The van der Waals surface area contributed by atoms with Gasteiger partial charge in [0, 0.05) is 16.3 Å². The summed E-state index contributed by atoms with van der Waals surface area (Å²) in [7, 11) is 1.42. The number of benzene rings is 3. The lowest BCUT2D eigenvalue weighted by Crippen LogP contribution is -2.29. The van der Waals surface area contributed by atoms with E-state index in [0.717, 1.165) is 0 Å². The van der Waals surface area contributed by atoms with Crippen molar-refractivity contribution in [2.45, 2.75) is 6.04 Å². The molecule has 1 amide bonds. The van der Waals surface area contributed by atoms with Gasteiger partial charge in [0.15, 0.2) is 0 Å². The van der Waals surface area contributed by atoms with E-state index in [-0.39, 0.29) is 27.7 Å². The zero-order valence-electron chi connectivity index (χ0n) is 17.1. The van der Waals surface area contributed by atoms with Crippen molar-refractivity contribution < 1.29 is 24.5 Å². The molecule has 33 heavy (non-hydrogen) atoms. The fourth-order valence-corrected chi connectivity index (χ4v) is 4.18. The average Bonchev–Trinajstić information content (AvgIpc) is 3.06. The summed E-state index contributed by atoms with van der Waals surface area (Å²) in [6.45, 7) is 0. The van der Waals surface area contributed by atoms with Gasteiger partial charge < -0.3 is 14.9 Å². The van der Waals surface area contributed by atoms with Gasteiger partial charge in [-0.15, -0.1) is 0 Å². The van der Waals surface area contributed by atoms with Crippen molar-refractivity contribution in [1.82, 2.24) is 0 Å². The van der Waals surface area contributed by atoms with Crippen molar-refractivity contribution in [3.8, 4) is 11.5 Å². The molecule has 168 valence electrons. The molecule has 9 heteroatoms. The van der Waals surface area contributed by atoms with Crippen LogP contribution in [0.25, 0.3) is 5.76 Å². The molecule has 1 aliphatic rings. The van der Waals surface area contributed by atoms with E-state index in [1.807, 2.05) is 0 Å². The third-order valence-electron chi connectivity index (χ3n) is 5.26. The van der Waals surface area contributed by atoms with Crippen molar-refractivity contribution in [3.63, 3.8) is 0 Å². The van der Waals surface area contributed by atoms with Crippen molar-refractivity contribution in [2.75, 3.05) is 12.0 Å². The number of nitrogens with zero attached hydrogens (tertiary/aromatic N) is 1. The molecular weight excluding hydrogens is 489 g/mol. The van der Waals surface area contributed by atoms with E-state index >= 15 is 0 Å². The Balaban J connectivity index is 1.96. The van der Waals surface area contributed by atoms with Gasteiger partial charge in [0.1, 0.15) is 17.3 Å². The zero-order valence-corrected chi connectivity index (χ0v) is 19.3. The largest absolute Gasteiger partial charge is 0.507 e. The predicted molar refractivity (Wildman–Crippen MR) is 127 cm³/mol. The Hall–Kier alpha value is -3.19. The van der Waals surface area contributed by atoms with Gasteiger partial charge in [-0.3, -0.25) is 14.5 Å². The summed E-state index contributed by atoms with van der Waals surface area (Å²) < 4.78 is 5.20. The van der Waals surface area contributed by atoms with Gasteiger partial charge in [0.05, 0.1) is 28.8 Å². The van der Waals surface area contributed by atoms with Crippen molar-refractivity contribution in [2.24, 2.45) is 0 Å². The Morgan fingerprint density at radius 1 is 0.939 bits per heavy atom. The lowest BCUT2D eigenvalue weighted by molar-refractivity contribution is -0.132. The Bertz CT molecular complexity index is 1300. The Labute approximate surface area is 204 Å². The maximum atomic E-state index is 13.2. The second-order valence-electron chi connectivity index (χ2n) is 7.21. The number of hydrogen-bond donors (Lipinski definition) is 2. The van der Waals surface area contributed by atoms with E-state index in [4.69, 9.17) is 39.5 Å². The number of methoxy groups -OCH3 is 1. The van der Waals surface area contributed by atoms with E-state index in [2.05, 4.69) is 0 Å². The number of Topliss-reactive ketones (excluding diaryl/α,β-unsaturated/α-hetero) is 1. The SMILES string of the molecule is COc1cc(/C(O)=C2/C(=O)C(=O)N(c3ccc(Cl)cc3)C2c2ccc(O)c(Cl)c2)ccc1Cl. The number of carbonyl (C=O) groups is 2. The van der Waals surface area contributed by atoms with Crippen LogP contribution in [0.2, 0.25) is 15.1 Å². The fraction of sp³-hybridized carbons (Fsp3) is 0.0833. The molecule has 0 aromatic heterocycles. The number of anilines is 1.